The number of anilines is 1. The zero-order valence-electron chi connectivity index (χ0n) is 11.5. The average molecular weight is 283 g/mol. The van der Waals surface area contributed by atoms with Crippen molar-refractivity contribution in [1.82, 2.24) is 9.97 Å². The Labute approximate surface area is 122 Å². The molecule has 0 amide bonds. The number of nitrogens with zero attached hydrogens (tertiary/aromatic N) is 2. The molecule has 0 bridgehead atoms. The van der Waals surface area contributed by atoms with Gasteiger partial charge in [-0.25, -0.2) is 4.98 Å². The van der Waals surface area contributed by atoms with Crippen LogP contribution in [0.1, 0.15) is 24.0 Å². The van der Waals surface area contributed by atoms with E-state index in [4.69, 9.17) is 0 Å². The van der Waals surface area contributed by atoms with E-state index in [1.54, 1.807) is 11.3 Å². The molecule has 102 valence electrons. The molecule has 2 aromatic heterocycles. The summed E-state index contributed by atoms with van der Waals surface area (Å²) in [5.74, 6) is 0. The summed E-state index contributed by atoms with van der Waals surface area (Å²) in [6.07, 6.45) is 3.77. The largest absolute Gasteiger partial charge is 0.385 e. The fourth-order valence-corrected chi connectivity index (χ4v) is 3.09. The minimum atomic E-state index is 0.793. The molecule has 1 N–H and O–H groups in total. The molecule has 0 saturated heterocycles. The lowest BCUT2D eigenvalue weighted by atomic mass is 10.2. The molecule has 0 saturated carbocycles. The van der Waals surface area contributed by atoms with Crippen molar-refractivity contribution in [2.45, 2.75) is 19.8 Å². The third kappa shape index (κ3) is 2.96. The number of rotatable bonds is 5. The summed E-state index contributed by atoms with van der Waals surface area (Å²) < 4.78 is 1.24. The van der Waals surface area contributed by atoms with Crippen LogP contribution in [0.2, 0.25) is 0 Å². The highest BCUT2D eigenvalue weighted by Gasteiger charge is 2.05. The van der Waals surface area contributed by atoms with Crippen molar-refractivity contribution in [2.24, 2.45) is 0 Å². The molecule has 0 spiro atoms. The molecule has 3 aromatic rings. The number of hydrogen-bond donors (Lipinski definition) is 1. The van der Waals surface area contributed by atoms with Crippen molar-refractivity contribution in [3.05, 3.63) is 53.3 Å². The third-order valence-corrected chi connectivity index (χ3v) is 4.10. The molecule has 4 heteroatoms. The van der Waals surface area contributed by atoms with Crippen LogP contribution in [0.15, 0.2) is 42.6 Å². The number of hydrogen-bond acceptors (Lipinski definition) is 4. The summed E-state index contributed by atoms with van der Waals surface area (Å²) in [5, 5.41) is 4.51. The van der Waals surface area contributed by atoms with Gasteiger partial charge < -0.3 is 5.32 Å². The van der Waals surface area contributed by atoms with Gasteiger partial charge in [0.1, 0.15) is 0 Å². The molecule has 0 radical (unpaired) electrons. The first-order chi connectivity index (χ1) is 9.85. The zero-order chi connectivity index (χ0) is 13.8. The van der Waals surface area contributed by atoms with Crippen LogP contribution in [-0.2, 0) is 6.42 Å². The fraction of sp³-hybridized carbons (Fsp3) is 0.250. The number of aromatic nitrogens is 2. The van der Waals surface area contributed by atoms with Crippen molar-refractivity contribution in [2.75, 3.05) is 11.9 Å². The van der Waals surface area contributed by atoms with Crippen molar-refractivity contribution in [1.29, 1.82) is 0 Å². The average Bonchev–Trinajstić information content (AvgIpc) is 2.87. The van der Waals surface area contributed by atoms with E-state index >= 15 is 0 Å². The molecule has 0 atom stereocenters. The Hall–Kier alpha value is -1.94. The summed E-state index contributed by atoms with van der Waals surface area (Å²) in [6.45, 7) is 3.15. The number of benzene rings is 1. The minimum absolute atomic E-state index is 0.793. The van der Waals surface area contributed by atoms with Crippen molar-refractivity contribution in [3.8, 4) is 0 Å². The van der Waals surface area contributed by atoms with Gasteiger partial charge >= 0.3 is 0 Å². The summed E-state index contributed by atoms with van der Waals surface area (Å²) in [4.78, 5) is 9.10. The maximum Gasteiger partial charge on any atom is 0.0998 e. The van der Waals surface area contributed by atoms with Gasteiger partial charge in [0.15, 0.2) is 0 Å². The minimum Gasteiger partial charge on any atom is -0.385 e. The maximum atomic E-state index is 4.66. The Morgan fingerprint density at radius 2 is 2.10 bits per heavy atom. The van der Waals surface area contributed by atoms with Gasteiger partial charge in [-0.1, -0.05) is 19.1 Å². The first kappa shape index (κ1) is 13.1. The Morgan fingerprint density at radius 1 is 1.20 bits per heavy atom. The SMILES string of the molecule is CCCNc1ccnc(Cc2nc3ccccc3s2)c1. The van der Waals surface area contributed by atoms with Gasteiger partial charge in [0.05, 0.1) is 15.2 Å². The fourth-order valence-electron chi connectivity index (χ4n) is 2.10. The molecule has 0 unspecified atom stereocenters. The predicted octanol–water partition coefficient (Wildman–Crippen LogP) is 4.10. The number of para-hydroxylation sites is 1. The number of fused-ring (bicyclic) bond motifs is 1. The number of pyridine rings is 1. The van der Waals surface area contributed by atoms with Gasteiger partial charge in [0.2, 0.25) is 0 Å². The lowest BCUT2D eigenvalue weighted by Gasteiger charge is -2.05. The molecule has 20 heavy (non-hydrogen) atoms. The molecular weight excluding hydrogens is 266 g/mol. The Morgan fingerprint density at radius 3 is 2.95 bits per heavy atom. The molecule has 0 aliphatic heterocycles. The van der Waals surface area contributed by atoms with Gasteiger partial charge in [-0.15, -0.1) is 11.3 Å². The highest BCUT2D eigenvalue weighted by molar-refractivity contribution is 7.18. The zero-order valence-corrected chi connectivity index (χ0v) is 12.3. The Bertz CT molecular complexity index is 673. The van der Waals surface area contributed by atoms with E-state index in [1.165, 1.54) is 4.70 Å². The van der Waals surface area contributed by atoms with E-state index in [9.17, 15) is 0 Å². The van der Waals surface area contributed by atoms with E-state index in [0.29, 0.717) is 0 Å². The van der Waals surface area contributed by atoms with Crippen LogP contribution in [0.4, 0.5) is 5.69 Å². The molecule has 0 aliphatic carbocycles. The monoisotopic (exact) mass is 283 g/mol. The highest BCUT2D eigenvalue weighted by atomic mass is 32.1. The predicted molar refractivity (Wildman–Crippen MR) is 85.4 cm³/mol. The van der Waals surface area contributed by atoms with Crippen LogP contribution >= 0.6 is 11.3 Å². The second-order valence-corrected chi connectivity index (χ2v) is 5.83. The summed E-state index contributed by atoms with van der Waals surface area (Å²) in [5.41, 5.74) is 3.27. The van der Waals surface area contributed by atoms with Gasteiger partial charge in [0, 0.05) is 30.5 Å². The van der Waals surface area contributed by atoms with Crippen molar-refractivity contribution >= 4 is 27.2 Å². The second-order valence-electron chi connectivity index (χ2n) is 4.71. The number of thiazole rings is 1. The molecule has 3 rings (SSSR count). The van der Waals surface area contributed by atoms with Gasteiger partial charge in [-0.2, -0.15) is 0 Å². The normalized spacial score (nSPS) is 10.8. The standard InChI is InChI=1S/C16H17N3S/c1-2-8-17-12-7-9-18-13(10-12)11-16-19-14-5-3-4-6-15(14)20-16/h3-7,9-10H,2,8,11H2,1H3,(H,17,18). The number of nitrogens with one attached hydrogen (secondary N) is 1. The van der Waals surface area contributed by atoms with E-state index in [0.717, 1.165) is 41.3 Å². The quantitative estimate of drug-likeness (QED) is 0.766. The van der Waals surface area contributed by atoms with Crippen LogP contribution in [0, 0.1) is 0 Å². The second kappa shape index (κ2) is 6.01. The van der Waals surface area contributed by atoms with Crippen LogP contribution in [-0.4, -0.2) is 16.5 Å². The topological polar surface area (TPSA) is 37.8 Å². The van der Waals surface area contributed by atoms with E-state index in [-0.39, 0.29) is 0 Å². The smallest absolute Gasteiger partial charge is 0.0998 e. The molecule has 0 aliphatic rings. The van der Waals surface area contributed by atoms with Crippen molar-refractivity contribution in [3.63, 3.8) is 0 Å². The Kier molecular flexibility index (Phi) is 3.92. The summed E-state index contributed by atoms with van der Waals surface area (Å²) in [6, 6.07) is 12.4. The van der Waals surface area contributed by atoms with Gasteiger partial charge in [0.25, 0.3) is 0 Å². The maximum absolute atomic E-state index is 4.66. The van der Waals surface area contributed by atoms with Crippen LogP contribution in [0.25, 0.3) is 10.2 Å². The first-order valence-corrected chi connectivity index (χ1v) is 7.70. The van der Waals surface area contributed by atoms with Crippen molar-refractivity contribution < 1.29 is 0 Å². The molecule has 2 heterocycles. The van der Waals surface area contributed by atoms with E-state index in [1.807, 2.05) is 18.3 Å². The van der Waals surface area contributed by atoms with Gasteiger partial charge in [-0.3, -0.25) is 4.98 Å². The molecule has 1 aromatic carbocycles. The van der Waals surface area contributed by atoms with Crippen LogP contribution in [0.5, 0.6) is 0 Å². The third-order valence-electron chi connectivity index (χ3n) is 3.07. The van der Waals surface area contributed by atoms with E-state index in [2.05, 4.69) is 46.5 Å². The highest BCUT2D eigenvalue weighted by Crippen LogP contribution is 2.23. The molecular formula is C16H17N3S. The van der Waals surface area contributed by atoms with Gasteiger partial charge in [-0.05, 0) is 30.7 Å². The molecule has 3 nitrogen and oxygen atoms in total. The van der Waals surface area contributed by atoms with Crippen LogP contribution < -0.4 is 5.32 Å². The summed E-state index contributed by atoms with van der Waals surface area (Å²) in [7, 11) is 0. The van der Waals surface area contributed by atoms with E-state index < -0.39 is 0 Å². The first-order valence-electron chi connectivity index (χ1n) is 6.88. The lowest BCUT2D eigenvalue weighted by Crippen LogP contribution is -2.01. The summed E-state index contributed by atoms with van der Waals surface area (Å²) >= 11 is 1.74. The Balaban J connectivity index is 1.79. The lowest BCUT2D eigenvalue weighted by molar-refractivity contribution is 0.974. The molecule has 0 fully saturated rings. The van der Waals surface area contributed by atoms with Crippen LogP contribution in [0.3, 0.4) is 0 Å².